The zero-order chi connectivity index (χ0) is 20.5. The fraction of sp³-hybridized carbons (Fsp3) is 0.0952. The van der Waals surface area contributed by atoms with E-state index in [1.807, 2.05) is 47.2 Å². The van der Waals surface area contributed by atoms with Crippen molar-refractivity contribution in [3.05, 3.63) is 70.3 Å². The number of aromatic nitrogens is 4. The predicted molar refractivity (Wildman–Crippen MR) is 109 cm³/mol. The third-order valence-corrected chi connectivity index (χ3v) is 5.16. The third-order valence-electron chi connectivity index (χ3n) is 4.48. The van der Waals surface area contributed by atoms with Crippen LogP contribution in [0.25, 0.3) is 33.8 Å². The third kappa shape index (κ3) is 3.35. The van der Waals surface area contributed by atoms with Gasteiger partial charge in [0.1, 0.15) is 0 Å². The Labute approximate surface area is 174 Å². The number of hydrogen-bond acceptors (Lipinski definition) is 9. The highest BCUT2D eigenvalue weighted by Crippen LogP contribution is 2.28. The molecule has 1 aromatic carbocycles. The van der Waals surface area contributed by atoms with Crippen LogP contribution in [0.1, 0.15) is 21.9 Å². The van der Waals surface area contributed by atoms with E-state index in [9.17, 15) is 4.79 Å². The first-order valence-electron chi connectivity index (χ1n) is 9.04. The maximum atomic E-state index is 12.9. The highest BCUT2D eigenvalue weighted by atomic mass is 32.1. The molecule has 0 radical (unpaired) electrons. The number of rotatable bonds is 5. The van der Waals surface area contributed by atoms with Gasteiger partial charge in [0.2, 0.25) is 5.82 Å². The number of nitrogens with zero attached hydrogens (tertiary/aromatic N) is 4. The van der Waals surface area contributed by atoms with E-state index in [1.165, 1.54) is 11.3 Å². The molecule has 0 spiro atoms. The number of fused-ring (bicyclic) bond motifs is 1. The summed E-state index contributed by atoms with van der Waals surface area (Å²) in [6, 6.07) is 13.1. The number of thiophene rings is 1. The number of carbonyl (C=O) groups is 1. The van der Waals surface area contributed by atoms with Gasteiger partial charge >= 0.3 is 5.97 Å². The minimum Gasteiger partial charge on any atom is -0.454 e. The van der Waals surface area contributed by atoms with Crippen LogP contribution in [0.4, 0.5) is 0 Å². The van der Waals surface area contributed by atoms with Crippen LogP contribution in [0.2, 0.25) is 0 Å². The summed E-state index contributed by atoms with van der Waals surface area (Å²) in [6.07, 6.45) is 0. The molecular formula is C21H14N4O4S. The zero-order valence-electron chi connectivity index (χ0n) is 15.7. The molecule has 0 aliphatic heterocycles. The summed E-state index contributed by atoms with van der Waals surface area (Å²) in [5, 5.41) is 12.1. The van der Waals surface area contributed by atoms with E-state index in [4.69, 9.17) is 13.8 Å². The van der Waals surface area contributed by atoms with Crippen molar-refractivity contribution in [3.8, 4) is 22.7 Å². The molecule has 0 aliphatic rings. The Bertz CT molecular complexity index is 1330. The van der Waals surface area contributed by atoms with Gasteiger partial charge in [-0.1, -0.05) is 40.6 Å². The summed E-state index contributed by atoms with van der Waals surface area (Å²) in [6.45, 7) is 1.63. The van der Waals surface area contributed by atoms with E-state index in [-0.39, 0.29) is 18.1 Å². The SMILES string of the molecule is Cc1noc2nc(-c3ccccc3)cc(C(=O)OCc3noc(-c4ccsc4)n3)c12. The lowest BCUT2D eigenvalue weighted by Crippen LogP contribution is -2.08. The Morgan fingerprint density at radius 1 is 1.07 bits per heavy atom. The fourth-order valence-electron chi connectivity index (χ4n) is 3.04. The van der Waals surface area contributed by atoms with Gasteiger partial charge in [-0.15, -0.1) is 0 Å². The van der Waals surface area contributed by atoms with Crippen molar-refractivity contribution in [2.45, 2.75) is 13.5 Å². The number of esters is 1. The van der Waals surface area contributed by atoms with Crippen molar-refractivity contribution in [1.29, 1.82) is 0 Å². The fourth-order valence-corrected chi connectivity index (χ4v) is 3.67. The number of ether oxygens (including phenoxy) is 1. The Balaban J connectivity index is 1.43. The molecule has 0 saturated heterocycles. The van der Waals surface area contributed by atoms with Crippen LogP contribution >= 0.6 is 11.3 Å². The molecule has 0 bridgehead atoms. The summed E-state index contributed by atoms with van der Waals surface area (Å²) in [5.41, 5.74) is 3.42. The smallest absolute Gasteiger partial charge is 0.339 e. The Hall–Kier alpha value is -3.85. The van der Waals surface area contributed by atoms with Crippen LogP contribution in [-0.4, -0.2) is 26.3 Å². The van der Waals surface area contributed by atoms with Gasteiger partial charge in [0, 0.05) is 10.9 Å². The number of aryl methyl sites for hydroxylation is 1. The first-order chi connectivity index (χ1) is 14.7. The lowest BCUT2D eigenvalue weighted by Gasteiger charge is -2.06. The van der Waals surface area contributed by atoms with E-state index in [0.29, 0.717) is 28.2 Å². The summed E-state index contributed by atoms with van der Waals surface area (Å²) < 4.78 is 16.0. The largest absolute Gasteiger partial charge is 0.454 e. The second kappa shape index (κ2) is 7.53. The highest BCUT2D eigenvalue weighted by Gasteiger charge is 2.21. The molecule has 8 nitrogen and oxygen atoms in total. The van der Waals surface area contributed by atoms with Gasteiger partial charge in [0.15, 0.2) is 6.61 Å². The molecule has 0 amide bonds. The van der Waals surface area contributed by atoms with Gasteiger partial charge in [0.05, 0.1) is 27.9 Å². The zero-order valence-corrected chi connectivity index (χ0v) is 16.5. The summed E-state index contributed by atoms with van der Waals surface area (Å²) in [5.74, 6) is 0.114. The van der Waals surface area contributed by atoms with E-state index in [0.717, 1.165) is 11.1 Å². The number of pyridine rings is 1. The van der Waals surface area contributed by atoms with Crippen molar-refractivity contribution < 1.29 is 18.6 Å². The normalized spacial score (nSPS) is 11.1. The van der Waals surface area contributed by atoms with Crippen LogP contribution < -0.4 is 0 Å². The van der Waals surface area contributed by atoms with E-state index < -0.39 is 5.97 Å². The van der Waals surface area contributed by atoms with Crippen LogP contribution in [0.5, 0.6) is 0 Å². The highest BCUT2D eigenvalue weighted by molar-refractivity contribution is 7.08. The number of carbonyl (C=O) groups excluding carboxylic acids is 1. The van der Waals surface area contributed by atoms with E-state index >= 15 is 0 Å². The molecule has 0 saturated carbocycles. The van der Waals surface area contributed by atoms with Gasteiger partial charge in [-0.3, -0.25) is 0 Å². The van der Waals surface area contributed by atoms with Crippen molar-refractivity contribution in [3.63, 3.8) is 0 Å². The molecule has 30 heavy (non-hydrogen) atoms. The second-order valence-corrected chi connectivity index (χ2v) is 7.25. The average molecular weight is 418 g/mol. The van der Waals surface area contributed by atoms with Crippen LogP contribution in [0, 0.1) is 6.92 Å². The molecule has 0 atom stereocenters. The summed E-state index contributed by atoms with van der Waals surface area (Å²) >= 11 is 1.53. The van der Waals surface area contributed by atoms with Crippen LogP contribution in [0.3, 0.4) is 0 Å². The van der Waals surface area contributed by atoms with Gasteiger partial charge in [0.25, 0.3) is 11.6 Å². The quantitative estimate of drug-likeness (QED) is 0.379. The van der Waals surface area contributed by atoms with E-state index in [2.05, 4.69) is 20.3 Å². The van der Waals surface area contributed by atoms with Gasteiger partial charge in [-0.05, 0) is 24.4 Å². The molecular weight excluding hydrogens is 404 g/mol. The molecule has 9 heteroatoms. The second-order valence-electron chi connectivity index (χ2n) is 6.47. The molecule has 5 aromatic rings. The minimum atomic E-state index is -0.548. The van der Waals surface area contributed by atoms with Crippen molar-refractivity contribution in [2.75, 3.05) is 0 Å². The molecule has 0 N–H and O–H groups in total. The minimum absolute atomic E-state index is 0.124. The lowest BCUT2D eigenvalue weighted by molar-refractivity contribution is 0.0462. The van der Waals surface area contributed by atoms with Gasteiger partial charge in [-0.25, -0.2) is 9.78 Å². The topological polar surface area (TPSA) is 104 Å². The number of benzene rings is 1. The summed E-state index contributed by atoms with van der Waals surface area (Å²) in [4.78, 5) is 21.6. The summed E-state index contributed by atoms with van der Waals surface area (Å²) in [7, 11) is 0. The van der Waals surface area contributed by atoms with Crippen molar-refractivity contribution in [1.82, 2.24) is 20.3 Å². The molecule has 5 rings (SSSR count). The first-order valence-corrected chi connectivity index (χ1v) is 9.98. The first kappa shape index (κ1) is 18.2. The number of hydrogen-bond donors (Lipinski definition) is 0. The molecule has 4 aromatic heterocycles. The molecule has 4 heterocycles. The Morgan fingerprint density at radius 2 is 1.93 bits per heavy atom. The molecule has 0 unspecified atom stereocenters. The van der Waals surface area contributed by atoms with Crippen LogP contribution in [-0.2, 0) is 11.3 Å². The monoisotopic (exact) mass is 418 g/mol. The van der Waals surface area contributed by atoms with Gasteiger partial charge < -0.3 is 13.8 Å². The van der Waals surface area contributed by atoms with Gasteiger partial charge in [-0.2, -0.15) is 16.3 Å². The van der Waals surface area contributed by atoms with Crippen molar-refractivity contribution in [2.24, 2.45) is 0 Å². The Kier molecular flexibility index (Phi) is 4.56. The Morgan fingerprint density at radius 3 is 2.73 bits per heavy atom. The molecule has 0 aliphatic carbocycles. The maximum Gasteiger partial charge on any atom is 0.339 e. The maximum absolute atomic E-state index is 12.9. The molecule has 0 fully saturated rings. The van der Waals surface area contributed by atoms with Crippen molar-refractivity contribution >= 4 is 28.4 Å². The molecule has 148 valence electrons. The van der Waals surface area contributed by atoms with E-state index in [1.54, 1.807) is 13.0 Å². The predicted octanol–water partition coefficient (Wildman–Crippen LogP) is 4.67. The van der Waals surface area contributed by atoms with Crippen LogP contribution in [0.15, 0.2) is 62.3 Å². The standard InChI is InChI=1S/C21H14N4O4S/c1-12-18-15(9-16(22-20(18)29-24-12)13-5-3-2-4-6-13)21(26)27-10-17-23-19(28-25-17)14-7-8-30-11-14/h2-9,11H,10H2,1H3. The average Bonchev–Trinajstić information content (AvgIpc) is 3.53. The lowest BCUT2D eigenvalue weighted by atomic mass is 10.1.